The van der Waals surface area contributed by atoms with Gasteiger partial charge in [-0.2, -0.15) is 0 Å². The van der Waals surface area contributed by atoms with E-state index >= 15 is 0 Å². The fraction of sp³-hybridized carbons (Fsp3) is 0.333. The normalized spacial score (nSPS) is 10.5. The van der Waals surface area contributed by atoms with Crippen LogP contribution in [0.5, 0.6) is 5.88 Å². The number of fused-ring (bicyclic) bond motifs is 1. The zero-order valence-corrected chi connectivity index (χ0v) is 10.1. The molecule has 0 aromatic carbocycles. The second kappa shape index (κ2) is 4.45. The molecule has 0 aliphatic rings. The van der Waals surface area contributed by atoms with E-state index in [0.29, 0.717) is 11.6 Å². The van der Waals surface area contributed by atoms with Gasteiger partial charge in [-0.15, -0.1) is 0 Å². The number of pyridine rings is 1. The summed E-state index contributed by atoms with van der Waals surface area (Å²) < 4.78 is 11.6. The summed E-state index contributed by atoms with van der Waals surface area (Å²) in [5, 5.41) is 0. The van der Waals surface area contributed by atoms with Crippen LogP contribution in [0, 0.1) is 13.8 Å². The summed E-state index contributed by atoms with van der Waals surface area (Å²) in [5.41, 5.74) is 2.51. The Morgan fingerprint density at radius 3 is 2.94 bits per heavy atom. The maximum absolute atomic E-state index is 11.3. The van der Waals surface area contributed by atoms with E-state index in [1.807, 2.05) is 25.3 Å². The van der Waals surface area contributed by atoms with Crippen LogP contribution < -0.4 is 4.74 Å². The first kappa shape index (κ1) is 11.4. The van der Waals surface area contributed by atoms with Gasteiger partial charge in [0.15, 0.2) is 0 Å². The van der Waals surface area contributed by atoms with Gasteiger partial charge in [0.05, 0.1) is 6.61 Å². The molecule has 0 aliphatic heterocycles. The number of hydrogen-bond acceptors (Lipinski definition) is 4. The lowest BCUT2D eigenvalue weighted by atomic mass is 10.3. The first-order valence-corrected chi connectivity index (χ1v) is 5.41. The van der Waals surface area contributed by atoms with Crippen molar-refractivity contribution in [2.24, 2.45) is 0 Å². The first-order valence-electron chi connectivity index (χ1n) is 5.41. The molecule has 0 radical (unpaired) electrons. The third-order valence-electron chi connectivity index (χ3n) is 2.34. The summed E-state index contributed by atoms with van der Waals surface area (Å²) in [6, 6.07) is 3.84. The minimum Gasteiger partial charge on any atom is -0.434 e. The Hall–Kier alpha value is -2.04. The van der Waals surface area contributed by atoms with E-state index in [9.17, 15) is 4.79 Å². The molecular formula is C12H14N2O3. The molecule has 5 nitrogen and oxygen atoms in total. The highest BCUT2D eigenvalue weighted by Gasteiger charge is 2.14. The largest absolute Gasteiger partial charge is 0.515 e. The van der Waals surface area contributed by atoms with Crippen LogP contribution in [0.1, 0.15) is 18.2 Å². The van der Waals surface area contributed by atoms with Crippen molar-refractivity contribution in [2.75, 3.05) is 6.61 Å². The minimum atomic E-state index is -0.710. The number of hydrogen-bond donors (Lipinski definition) is 0. The quantitative estimate of drug-likeness (QED) is 0.749. The van der Waals surface area contributed by atoms with E-state index in [2.05, 4.69) is 4.98 Å². The van der Waals surface area contributed by atoms with Gasteiger partial charge in [0, 0.05) is 6.20 Å². The van der Waals surface area contributed by atoms with Crippen molar-refractivity contribution in [3.05, 3.63) is 29.6 Å². The number of rotatable bonds is 2. The second-order valence-electron chi connectivity index (χ2n) is 3.72. The van der Waals surface area contributed by atoms with E-state index < -0.39 is 6.16 Å². The lowest BCUT2D eigenvalue weighted by Gasteiger charge is -2.04. The van der Waals surface area contributed by atoms with Gasteiger partial charge in [-0.25, -0.2) is 9.78 Å². The smallest absolute Gasteiger partial charge is 0.434 e. The fourth-order valence-corrected chi connectivity index (χ4v) is 1.59. The van der Waals surface area contributed by atoms with Crippen molar-refractivity contribution in [3.8, 4) is 5.88 Å². The molecule has 0 spiro atoms. The van der Waals surface area contributed by atoms with Gasteiger partial charge in [0.2, 0.25) is 5.88 Å². The lowest BCUT2D eigenvalue weighted by molar-refractivity contribution is 0.102. The highest BCUT2D eigenvalue weighted by Crippen LogP contribution is 2.21. The van der Waals surface area contributed by atoms with Crippen LogP contribution in [-0.4, -0.2) is 22.1 Å². The molecule has 0 bridgehead atoms. The maximum Gasteiger partial charge on any atom is 0.515 e. The molecule has 17 heavy (non-hydrogen) atoms. The maximum atomic E-state index is 11.3. The molecule has 0 saturated carbocycles. The molecule has 0 atom stereocenters. The molecule has 2 heterocycles. The van der Waals surface area contributed by atoms with Crippen molar-refractivity contribution in [1.29, 1.82) is 0 Å². The summed E-state index contributed by atoms with van der Waals surface area (Å²) in [6.07, 6.45) is 1.11. The van der Waals surface area contributed by atoms with Crippen LogP contribution in [0.25, 0.3) is 5.65 Å². The lowest BCUT2D eigenvalue weighted by Crippen LogP contribution is -2.11. The number of ether oxygens (including phenoxy) is 2. The molecule has 5 heteroatoms. The average molecular weight is 234 g/mol. The van der Waals surface area contributed by atoms with Gasteiger partial charge in [-0.3, -0.25) is 4.40 Å². The summed E-state index contributed by atoms with van der Waals surface area (Å²) in [6.45, 7) is 5.78. The molecule has 0 aliphatic carbocycles. The van der Waals surface area contributed by atoms with Gasteiger partial charge in [0.25, 0.3) is 0 Å². The molecule has 0 saturated heterocycles. The Bertz CT molecular complexity index is 560. The molecule has 2 rings (SSSR count). The third-order valence-corrected chi connectivity index (χ3v) is 2.34. The van der Waals surface area contributed by atoms with Gasteiger partial charge < -0.3 is 9.47 Å². The zero-order valence-electron chi connectivity index (χ0n) is 10.1. The zero-order chi connectivity index (χ0) is 12.4. The minimum absolute atomic E-state index is 0.285. The molecule has 90 valence electrons. The van der Waals surface area contributed by atoms with Gasteiger partial charge in [0.1, 0.15) is 11.3 Å². The molecular weight excluding hydrogens is 220 g/mol. The Labute approximate surface area is 99.0 Å². The number of imidazole rings is 1. The van der Waals surface area contributed by atoms with Crippen LogP contribution in [0.4, 0.5) is 4.79 Å². The summed E-state index contributed by atoms with van der Waals surface area (Å²) in [7, 11) is 0. The summed E-state index contributed by atoms with van der Waals surface area (Å²) in [4.78, 5) is 15.6. The van der Waals surface area contributed by atoms with Crippen molar-refractivity contribution < 1.29 is 14.3 Å². The molecule has 2 aromatic rings. The Kier molecular flexibility index (Phi) is 2.99. The van der Waals surface area contributed by atoms with Crippen LogP contribution >= 0.6 is 0 Å². The number of aryl methyl sites for hydroxylation is 2. The molecule has 0 N–H and O–H groups in total. The van der Waals surface area contributed by atoms with Crippen molar-refractivity contribution in [1.82, 2.24) is 9.38 Å². The monoisotopic (exact) mass is 234 g/mol. The van der Waals surface area contributed by atoms with Gasteiger partial charge >= 0.3 is 6.16 Å². The van der Waals surface area contributed by atoms with E-state index in [1.165, 1.54) is 0 Å². The van der Waals surface area contributed by atoms with Crippen molar-refractivity contribution in [2.45, 2.75) is 20.8 Å². The third kappa shape index (κ3) is 2.22. The van der Waals surface area contributed by atoms with E-state index in [4.69, 9.17) is 9.47 Å². The Morgan fingerprint density at radius 2 is 2.24 bits per heavy atom. The van der Waals surface area contributed by atoms with Crippen LogP contribution in [0.3, 0.4) is 0 Å². The van der Waals surface area contributed by atoms with Gasteiger partial charge in [-0.05, 0) is 38.5 Å². The van der Waals surface area contributed by atoms with Crippen LogP contribution in [-0.2, 0) is 4.74 Å². The number of carbonyl (C=O) groups excluding carboxylic acids is 1. The molecule has 0 amide bonds. The highest BCUT2D eigenvalue weighted by atomic mass is 16.7. The van der Waals surface area contributed by atoms with Crippen molar-refractivity contribution >= 4 is 11.8 Å². The average Bonchev–Trinajstić information content (AvgIpc) is 2.55. The molecule has 2 aromatic heterocycles. The fourth-order valence-electron chi connectivity index (χ4n) is 1.59. The van der Waals surface area contributed by atoms with Crippen LogP contribution in [0.2, 0.25) is 0 Å². The number of aromatic nitrogens is 2. The van der Waals surface area contributed by atoms with E-state index in [0.717, 1.165) is 11.2 Å². The first-order chi connectivity index (χ1) is 8.11. The van der Waals surface area contributed by atoms with Crippen LogP contribution in [0.15, 0.2) is 18.3 Å². The summed E-state index contributed by atoms with van der Waals surface area (Å²) in [5.74, 6) is 0.401. The predicted octanol–water partition coefficient (Wildman–Crippen LogP) is 2.49. The topological polar surface area (TPSA) is 52.8 Å². The standard InChI is InChI=1S/C12H14N2O3/c1-4-16-12(15)17-11-9(3)13-10-7-8(2)5-6-14(10)11/h5-7H,4H2,1-3H3. The van der Waals surface area contributed by atoms with Gasteiger partial charge in [-0.1, -0.05) is 0 Å². The van der Waals surface area contributed by atoms with E-state index in [1.54, 1.807) is 18.2 Å². The Morgan fingerprint density at radius 1 is 1.47 bits per heavy atom. The number of carbonyl (C=O) groups is 1. The SMILES string of the molecule is CCOC(=O)Oc1c(C)nc2cc(C)ccn12. The molecule has 0 unspecified atom stereocenters. The summed E-state index contributed by atoms with van der Waals surface area (Å²) >= 11 is 0. The number of nitrogens with zero attached hydrogens (tertiary/aromatic N) is 2. The second-order valence-corrected chi connectivity index (χ2v) is 3.72. The Balaban J connectivity index is 2.39. The molecule has 0 fully saturated rings. The van der Waals surface area contributed by atoms with E-state index in [-0.39, 0.29) is 6.61 Å². The highest BCUT2D eigenvalue weighted by molar-refractivity contribution is 5.64. The van der Waals surface area contributed by atoms with Crippen molar-refractivity contribution in [3.63, 3.8) is 0 Å². The predicted molar refractivity (Wildman–Crippen MR) is 62.3 cm³/mol.